The van der Waals surface area contributed by atoms with Crippen molar-refractivity contribution >= 4 is 5.91 Å². The first-order valence-electron chi connectivity index (χ1n) is 6.41. The normalized spacial score (nSPS) is 26.3. The van der Waals surface area contributed by atoms with E-state index in [-0.39, 0.29) is 17.5 Å². The number of carbonyl (C=O) groups is 1. The maximum atomic E-state index is 11.9. The van der Waals surface area contributed by atoms with Crippen LogP contribution >= 0.6 is 0 Å². The van der Waals surface area contributed by atoms with E-state index >= 15 is 0 Å². The Balaban J connectivity index is 2.24. The van der Waals surface area contributed by atoms with Crippen molar-refractivity contribution in [2.75, 3.05) is 6.54 Å². The van der Waals surface area contributed by atoms with E-state index in [0.29, 0.717) is 0 Å². The topological polar surface area (TPSA) is 41.1 Å². The van der Waals surface area contributed by atoms with Gasteiger partial charge in [0.15, 0.2) is 0 Å². The van der Waals surface area contributed by atoms with E-state index in [4.69, 9.17) is 0 Å². The van der Waals surface area contributed by atoms with Crippen molar-refractivity contribution in [2.45, 2.75) is 59.0 Å². The summed E-state index contributed by atoms with van der Waals surface area (Å²) in [6, 6.07) is -0.0846. The van der Waals surface area contributed by atoms with E-state index in [1.54, 1.807) is 0 Å². The number of rotatable bonds is 6. The van der Waals surface area contributed by atoms with E-state index in [2.05, 4.69) is 38.3 Å². The van der Waals surface area contributed by atoms with Gasteiger partial charge in [0.1, 0.15) is 0 Å². The molecule has 2 N–H and O–H groups in total. The smallest absolute Gasteiger partial charge is 0.237 e. The average molecular weight is 226 g/mol. The SMILES string of the molecule is CCC(C)(C)NC(=O)C(C)NCC1CC1C. The van der Waals surface area contributed by atoms with Gasteiger partial charge in [0, 0.05) is 5.54 Å². The maximum Gasteiger partial charge on any atom is 0.237 e. The lowest BCUT2D eigenvalue weighted by Crippen LogP contribution is -2.51. The highest BCUT2D eigenvalue weighted by molar-refractivity contribution is 5.81. The number of hydrogen-bond donors (Lipinski definition) is 2. The molecule has 1 aliphatic carbocycles. The van der Waals surface area contributed by atoms with Gasteiger partial charge >= 0.3 is 0 Å². The minimum absolute atomic E-state index is 0.0846. The van der Waals surface area contributed by atoms with Gasteiger partial charge in [-0.05, 0) is 52.0 Å². The van der Waals surface area contributed by atoms with Gasteiger partial charge in [0.2, 0.25) is 5.91 Å². The highest BCUT2D eigenvalue weighted by Crippen LogP contribution is 2.36. The van der Waals surface area contributed by atoms with E-state index in [1.807, 2.05) is 6.92 Å². The summed E-state index contributed by atoms with van der Waals surface area (Å²) < 4.78 is 0. The van der Waals surface area contributed by atoms with Gasteiger partial charge in [0.25, 0.3) is 0 Å². The number of carbonyl (C=O) groups excluding carboxylic acids is 1. The summed E-state index contributed by atoms with van der Waals surface area (Å²) in [5, 5.41) is 6.37. The zero-order chi connectivity index (χ0) is 12.3. The second kappa shape index (κ2) is 5.17. The Kier molecular flexibility index (Phi) is 4.36. The number of amides is 1. The molecule has 16 heavy (non-hydrogen) atoms. The van der Waals surface area contributed by atoms with E-state index in [0.717, 1.165) is 24.8 Å². The Labute approximate surface area is 99.4 Å². The molecule has 0 saturated heterocycles. The lowest BCUT2D eigenvalue weighted by molar-refractivity contribution is -0.124. The van der Waals surface area contributed by atoms with Gasteiger partial charge in [-0.15, -0.1) is 0 Å². The molecule has 0 aliphatic heterocycles. The fourth-order valence-electron chi connectivity index (χ4n) is 1.63. The molecule has 0 spiro atoms. The summed E-state index contributed by atoms with van der Waals surface area (Å²) in [4.78, 5) is 11.9. The standard InChI is InChI=1S/C13H26N2O/c1-6-13(4,5)15-12(16)10(3)14-8-11-7-9(11)2/h9-11,14H,6-8H2,1-5H3,(H,15,16). The molecule has 1 fully saturated rings. The van der Waals surface area contributed by atoms with E-state index in [1.165, 1.54) is 6.42 Å². The highest BCUT2D eigenvalue weighted by Gasteiger charge is 2.32. The quantitative estimate of drug-likeness (QED) is 0.726. The van der Waals surface area contributed by atoms with Crippen LogP contribution in [-0.4, -0.2) is 24.0 Å². The third-order valence-corrected chi connectivity index (χ3v) is 3.70. The van der Waals surface area contributed by atoms with Crippen LogP contribution in [0.4, 0.5) is 0 Å². The summed E-state index contributed by atoms with van der Waals surface area (Å²) in [7, 11) is 0. The van der Waals surface area contributed by atoms with Crippen molar-refractivity contribution in [3.05, 3.63) is 0 Å². The third-order valence-electron chi connectivity index (χ3n) is 3.70. The zero-order valence-electron chi connectivity index (χ0n) is 11.3. The van der Waals surface area contributed by atoms with Crippen LogP contribution in [0.25, 0.3) is 0 Å². The molecular weight excluding hydrogens is 200 g/mol. The van der Waals surface area contributed by atoms with Crippen LogP contribution < -0.4 is 10.6 Å². The molecule has 0 aromatic carbocycles. The van der Waals surface area contributed by atoms with E-state index < -0.39 is 0 Å². The summed E-state index contributed by atoms with van der Waals surface area (Å²) >= 11 is 0. The van der Waals surface area contributed by atoms with Crippen LogP contribution in [0.5, 0.6) is 0 Å². The Morgan fingerprint density at radius 3 is 2.50 bits per heavy atom. The predicted octanol–water partition coefficient (Wildman–Crippen LogP) is 1.93. The Morgan fingerprint density at radius 1 is 1.50 bits per heavy atom. The molecule has 3 heteroatoms. The van der Waals surface area contributed by atoms with Crippen LogP contribution in [0.1, 0.15) is 47.5 Å². The second-order valence-electron chi connectivity index (χ2n) is 5.83. The van der Waals surface area contributed by atoms with Crippen LogP contribution in [0.2, 0.25) is 0 Å². The van der Waals surface area contributed by atoms with Crippen molar-refractivity contribution in [3.8, 4) is 0 Å². The molecule has 3 atom stereocenters. The molecule has 3 nitrogen and oxygen atoms in total. The number of nitrogens with one attached hydrogen (secondary N) is 2. The minimum Gasteiger partial charge on any atom is -0.350 e. The molecular formula is C13H26N2O. The lowest BCUT2D eigenvalue weighted by atomic mass is 10.0. The first-order chi connectivity index (χ1) is 7.35. The monoisotopic (exact) mass is 226 g/mol. The van der Waals surface area contributed by atoms with Gasteiger partial charge in [0.05, 0.1) is 6.04 Å². The van der Waals surface area contributed by atoms with Crippen molar-refractivity contribution in [1.82, 2.24) is 10.6 Å². The Morgan fingerprint density at radius 2 is 2.06 bits per heavy atom. The molecule has 0 bridgehead atoms. The molecule has 94 valence electrons. The Hall–Kier alpha value is -0.570. The molecule has 0 aromatic heterocycles. The number of hydrogen-bond acceptors (Lipinski definition) is 2. The molecule has 1 rings (SSSR count). The third kappa shape index (κ3) is 4.12. The average Bonchev–Trinajstić information content (AvgIpc) is 2.90. The minimum atomic E-state index is -0.0973. The molecule has 0 radical (unpaired) electrons. The summed E-state index contributed by atoms with van der Waals surface area (Å²) in [5.41, 5.74) is -0.0973. The van der Waals surface area contributed by atoms with Gasteiger partial charge in [-0.3, -0.25) is 4.79 Å². The van der Waals surface area contributed by atoms with Gasteiger partial charge < -0.3 is 10.6 Å². The van der Waals surface area contributed by atoms with Gasteiger partial charge in [-0.25, -0.2) is 0 Å². The molecule has 3 unspecified atom stereocenters. The first-order valence-corrected chi connectivity index (χ1v) is 6.41. The van der Waals surface area contributed by atoms with Crippen molar-refractivity contribution in [3.63, 3.8) is 0 Å². The predicted molar refractivity (Wildman–Crippen MR) is 67.2 cm³/mol. The fourth-order valence-corrected chi connectivity index (χ4v) is 1.63. The highest BCUT2D eigenvalue weighted by atomic mass is 16.2. The Bertz CT molecular complexity index is 250. The van der Waals surface area contributed by atoms with Crippen molar-refractivity contribution < 1.29 is 4.79 Å². The summed E-state index contributed by atoms with van der Waals surface area (Å²) in [5.74, 6) is 1.74. The summed E-state index contributed by atoms with van der Waals surface area (Å²) in [6.07, 6.45) is 2.26. The van der Waals surface area contributed by atoms with Crippen LogP contribution in [0.3, 0.4) is 0 Å². The fraction of sp³-hybridized carbons (Fsp3) is 0.923. The largest absolute Gasteiger partial charge is 0.350 e. The lowest BCUT2D eigenvalue weighted by Gasteiger charge is -2.26. The maximum absolute atomic E-state index is 11.9. The molecule has 0 heterocycles. The first kappa shape index (κ1) is 13.5. The van der Waals surface area contributed by atoms with Gasteiger partial charge in [-0.1, -0.05) is 13.8 Å². The van der Waals surface area contributed by atoms with Crippen molar-refractivity contribution in [2.24, 2.45) is 11.8 Å². The van der Waals surface area contributed by atoms with E-state index in [9.17, 15) is 4.79 Å². The van der Waals surface area contributed by atoms with Crippen LogP contribution in [-0.2, 0) is 4.79 Å². The van der Waals surface area contributed by atoms with Crippen LogP contribution in [0.15, 0.2) is 0 Å². The van der Waals surface area contributed by atoms with Crippen LogP contribution in [0, 0.1) is 11.8 Å². The summed E-state index contributed by atoms with van der Waals surface area (Å²) in [6.45, 7) is 11.4. The molecule has 1 saturated carbocycles. The molecule has 1 aliphatic rings. The van der Waals surface area contributed by atoms with Gasteiger partial charge in [-0.2, -0.15) is 0 Å². The zero-order valence-corrected chi connectivity index (χ0v) is 11.3. The van der Waals surface area contributed by atoms with Crippen molar-refractivity contribution in [1.29, 1.82) is 0 Å². The molecule has 0 aromatic rings. The second-order valence-corrected chi connectivity index (χ2v) is 5.83. The molecule has 1 amide bonds.